The Morgan fingerprint density at radius 2 is 2.17 bits per heavy atom. The molecule has 1 aliphatic carbocycles. The van der Waals surface area contributed by atoms with Gasteiger partial charge < -0.3 is 5.32 Å². The molecule has 0 amide bonds. The molecule has 18 heavy (non-hydrogen) atoms. The van der Waals surface area contributed by atoms with Gasteiger partial charge in [-0.1, -0.05) is 48.1 Å². The summed E-state index contributed by atoms with van der Waals surface area (Å²) in [5, 5.41) is 3.47. The summed E-state index contributed by atoms with van der Waals surface area (Å²) in [7, 11) is 0. The number of benzene rings is 1. The third kappa shape index (κ3) is 4.25. The number of anilines is 1. The van der Waals surface area contributed by atoms with Gasteiger partial charge in [-0.15, -0.1) is 0 Å². The minimum absolute atomic E-state index is 1.03. The van der Waals surface area contributed by atoms with Crippen molar-refractivity contribution in [3.8, 4) is 0 Å². The first kappa shape index (κ1) is 12.7. The van der Waals surface area contributed by atoms with E-state index in [0.29, 0.717) is 0 Å². The Bertz CT molecular complexity index is 466. The maximum absolute atomic E-state index is 3.47. The standard InChI is InChI=1S/C17H21N/c1-15-8-6-12-17(14-15)18-13-7-11-16-9-4-2-3-5-10-16/h2-4,6,8-10,12,14,18H,5,7,11,13H2,1H3. The molecule has 0 heterocycles. The highest BCUT2D eigenvalue weighted by Gasteiger charge is 1.96. The van der Waals surface area contributed by atoms with Crippen molar-refractivity contribution in [1.82, 2.24) is 0 Å². The average molecular weight is 239 g/mol. The zero-order valence-corrected chi connectivity index (χ0v) is 11.0. The van der Waals surface area contributed by atoms with Crippen LogP contribution in [0.1, 0.15) is 24.8 Å². The van der Waals surface area contributed by atoms with Crippen molar-refractivity contribution in [2.75, 3.05) is 11.9 Å². The number of nitrogens with one attached hydrogen (secondary N) is 1. The number of rotatable bonds is 5. The Balaban J connectivity index is 1.71. The highest BCUT2D eigenvalue weighted by atomic mass is 14.9. The molecule has 0 spiro atoms. The van der Waals surface area contributed by atoms with Crippen LogP contribution in [0.25, 0.3) is 0 Å². The van der Waals surface area contributed by atoms with Crippen LogP contribution in [0.4, 0.5) is 5.69 Å². The van der Waals surface area contributed by atoms with Crippen molar-refractivity contribution in [3.05, 3.63) is 65.8 Å². The first-order chi connectivity index (χ1) is 8.84. The Kier molecular flexibility index (Phi) is 4.83. The van der Waals surface area contributed by atoms with E-state index in [1.807, 2.05) is 0 Å². The predicted octanol–water partition coefficient (Wildman–Crippen LogP) is 4.63. The lowest BCUT2D eigenvalue weighted by Gasteiger charge is -2.07. The molecule has 1 aliphatic rings. The van der Waals surface area contributed by atoms with E-state index in [2.05, 4.69) is 66.9 Å². The zero-order chi connectivity index (χ0) is 12.6. The van der Waals surface area contributed by atoms with E-state index in [-0.39, 0.29) is 0 Å². The van der Waals surface area contributed by atoms with Gasteiger partial charge in [0.1, 0.15) is 0 Å². The summed E-state index contributed by atoms with van der Waals surface area (Å²) in [6.45, 7) is 3.15. The van der Waals surface area contributed by atoms with Crippen molar-refractivity contribution < 1.29 is 0 Å². The topological polar surface area (TPSA) is 12.0 Å². The summed E-state index contributed by atoms with van der Waals surface area (Å²) in [5.74, 6) is 0. The highest BCUT2D eigenvalue weighted by Crippen LogP contribution is 2.13. The molecular formula is C17H21N. The van der Waals surface area contributed by atoms with Gasteiger partial charge in [-0.2, -0.15) is 0 Å². The lowest BCUT2D eigenvalue weighted by Crippen LogP contribution is -2.01. The molecule has 1 heteroatoms. The van der Waals surface area contributed by atoms with Crippen LogP contribution >= 0.6 is 0 Å². The van der Waals surface area contributed by atoms with Gasteiger partial charge in [-0.25, -0.2) is 0 Å². The third-order valence-electron chi connectivity index (χ3n) is 3.06. The smallest absolute Gasteiger partial charge is 0.0342 e. The summed E-state index contributed by atoms with van der Waals surface area (Å²) >= 11 is 0. The molecule has 0 bridgehead atoms. The van der Waals surface area contributed by atoms with Gasteiger partial charge in [-0.05, 0) is 43.9 Å². The van der Waals surface area contributed by atoms with E-state index >= 15 is 0 Å². The third-order valence-corrected chi connectivity index (χ3v) is 3.06. The van der Waals surface area contributed by atoms with Crippen LogP contribution < -0.4 is 5.32 Å². The Hall–Kier alpha value is -1.76. The second-order valence-electron chi connectivity index (χ2n) is 4.70. The summed E-state index contributed by atoms with van der Waals surface area (Å²) < 4.78 is 0. The second kappa shape index (κ2) is 6.85. The molecule has 0 aromatic heterocycles. The van der Waals surface area contributed by atoms with E-state index in [4.69, 9.17) is 0 Å². The number of hydrogen-bond acceptors (Lipinski definition) is 1. The molecule has 0 radical (unpaired) electrons. The molecule has 0 atom stereocenters. The van der Waals surface area contributed by atoms with Gasteiger partial charge in [0.25, 0.3) is 0 Å². The summed E-state index contributed by atoms with van der Waals surface area (Å²) in [6, 6.07) is 8.54. The molecule has 94 valence electrons. The first-order valence-corrected chi connectivity index (χ1v) is 6.67. The van der Waals surface area contributed by atoms with Gasteiger partial charge >= 0.3 is 0 Å². The molecule has 2 rings (SSSR count). The lowest BCUT2D eigenvalue weighted by molar-refractivity contribution is 0.863. The minimum Gasteiger partial charge on any atom is -0.385 e. The van der Waals surface area contributed by atoms with Gasteiger partial charge in [0.2, 0.25) is 0 Å². The van der Waals surface area contributed by atoms with Crippen molar-refractivity contribution in [2.45, 2.75) is 26.2 Å². The Morgan fingerprint density at radius 1 is 1.22 bits per heavy atom. The van der Waals surface area contributed by atoms with E-state index in [9.17, 15) is 0 Å². The minimum atomic E-state index is 1.03. The fraction of sp³-hybridized carbons (Fsp3) is 0.294. The average Bonchev–Trinajstić information content (AvgIpc) is 2.63. The van der Waals surface area contributed by atoms with Gasteiger partial charge in [0.05, 0.1) is 0 Å². The molecule has 0 saturated heterocycles. The number of allylic oxidation sites excluding steroid dienone is 6. The molecule has 0 fully saturated rings. The van der Waals surface area contributed by atoms with E-state index < -0.39 is 0 Å². The second-order valence-corrected chi connectivity index (χ2v) is 4.70. The van der Waals surface area contributed by atoms with Gasteiger partial charge in [-0.3, -0.25) is 0 Å². The largest absolute Gasteiger partial charge is 0.385 e. The fourth-order valence-corrected chi connectivity index (χ4v) is 2.09. The maximum atomic E-state index is 3.47. The van der Waals surface area contributed by atoms with Crippen LogP contribution in [-0.4, -0.2) is 6.54 Å². The van der Waals surface area contributed by atoms with Crippen molar-refractivity contribution in [2.24, 2.45) is 0 Å². The Labute approximate surface area is 110 Å². The molecule has 1 aromatic rings. The molecule has 0 unspecified atom stereocenters. The number of hydrogen-bond donors (Lipinski definition) is 1. The number of aryl methyl sites for hydroxylation is 1. The quantitative estimate of drug-likeness (QED) is 0.739. The van der Waals surface area contributed by atoms with Crippen molar-refractivity contribution in [1.29, 1.82) is 0 Å². The summed E-state index contributed by atoms with van der Waals surface area (Å²) in [6.07, 6.45) is 14.4. The summed E-state index contributed by atoms with van der Waals surface area (Å²) in [4.78, 5) is 0. The van der Waals surface area contributed by atoms with Crippen LogP contribution in [0.2, 0.25) is 0 Å². The first-order valence-electron chi connectivity index (χ1n) is 6.67. The fourth-order valence-electron chi connectivity index (χ4n) is 2.09. The van der Waals surface area contributed by atoms with E-state index in [1.54, 1.807) is 0 Å². The van der Waals surface area contributed by atoms with Gasteiger partial charge in [0, 0.05) is 12.2 Å². The maximum Gasteiger partial charge on any atom is 0.0342 e. The molecule has 1 nitrogen and oxygen atoms in total. The van der Waals surface area contributed by atoms with Crippen molar-refractivity contribution in [3.63, 3.8) is 0 Å². The molecule has 0 aliphatic heterocycles. The molecular weight excluding hydrogens is 218 g/mol. The monoisotopic (exact) mass is 239 g/mol. The van der Waals surface area contributed by atoms with E-state index in [1.165, 1.54) is 23.2 Å². The Morgan fingerprint density at radius 3 is 3.06 bits per heavy atom. The lowest BCUT2D eigenvalue weighted by atomic mass is 10.1. The molecule has 1 N–H and O–H groups in total. The van der Waals surface area contributed by atoms with Crippen LogP contribution in [0.15, 0.2) is 60.2 Å². The SMILES string of the molecule is Cc1cccc(NCCCC2=CCC=CC=C2)c1. The summed E-state index contributed by atoms with van der Waals surface area (Å²) in [5.41, 5.74) is 3.98. The highest BCUT2D eigenvalue weighted by molar-refractivity contribution is 5.45. The van der Waals surface area contributed by atoms with Crippen LogP contribution in [-0.2, 0) is 0 Å². The van der Waals surface area contributed by atoms with Crippen molar-refractivity contribution >= 4 is 5.69 Å². The van der Waals surface area contributed by atoms with Gasteiger partial charge in [0.15, 0.2) is 0 Å². The van der Waals surface area contributed by atoms with E-state index in [0.717, 1.165) is 19.4 Å². The zero-order valence-electron chi connectivity index (χ0n) is 11.0. The molecule has 0 saturated carbocycles. The normalized spacial score (nSPS) is 14.2. The predicted molar refractivity (Wildman–Crippen MR) is 79.9 cm³/mol. The van der Waals surface area contributed by atoms with Crippen LogP contribution in [0.5, 0.6) is 0 Å². The van der Waals surface area contributed by atoms with Crippen LogP contribution in [0, 0.1) is 6.92 Å². The molecule has 1 aromatic carbocycles. The van der Waals surface area contributed by atoms with Crippen LogP contribution in [0.3, 0.4) is 0 Å².